The lowest BCUT2D eigenvalue weighted by Crippen LogP contribution is -2.58. The molecule has 1 aliphatic heterocycles. The van der Waals surface area contributed by atoms with Gasteiger partial charge in [-0.1, -0.05) is 18.2 Å². The molecule has 2 aromatic carbocycles. The van der Waals surface area contributed by atoms with Crippen LogP contribution in [-0.2, 0) is 10.0 Å². The van der Waals surface area contributed by atoms with Crippen molar-refractivity contribution < 1.29 is 13.2 Å². The molecule has 2 unspecified atom stereocenters. The van der Waals surface area contributed by atoms with Crippen molar-refractivity contribution >= 4 is 15.7 Å². The average molecular weight is 360 g/mol. The quantitative estimate of drug-likeness (QED) is 0.841. The highest BCUT2D eigenvalue weighted by Gasteiger charge is 2.36. The molecule has 134 valence electrons. The lowest BCUT2D eigenvalue weighted by molar-refractivity contribution is 0.301. The van der Waals surface area contributed by atoms with Gasteiger partial charge in [0.15, 0.2) is 0 Å². The zero-order valence-corrected chi connectivity index (χ0v) is 15.6. The number of hydrogen-bond acceptors (Lipinski definition) is 4. The Morgan fingerprint density at radius 2 is 1.48 bits per heavy atom. The van der Waals surface area contributed by atoms with Crippen LogP contribution in [0.4, 0.5) is 5.69 Å². The summed E-state index contributed by atoms with van der Waals surface area (Å²) in [5.74, 6) is 0.648. The second kappa shape index (κ2) is 7.06. The fourth-order valence-electron chi connectivity index (χ4n) is 3.48. The van der Waals surface area contributed by atoms with Gasteiger partial charge in [0.1, 0.15) is 5.75 Å². The Labute approximate surface area is 149 Å². The van der Waals surface area contributed by atoms with Gasteiger partial charge < -0.3 is 9.64 Å². The van der Waals surface area contributed by atoms with E-state index in [1.54, 1.807) is 35.7 Å². The number of rotatable bonds is 4. The van der Waals surface area contributed by atoms with Crippen LogP contribution in [-0.4, -0.2) is 45.0 Å². The van der Waals surface area contributed by atoms with E-state index in [1.807, 2.05) is 18.2 Å². The largest absolute Gasteiger partial charge is 0.497 e. The average Bonchev–Trinajstić information content (AvgIpc) is 2.62. The molecule has 1 fully saturated rings. The number of hydrogen-bond donors (Lipinski definition) is 0. The number of ether oxygens (including phenoxy) is 1. The molecular weight excluding hydrogens is 336 g/mol. The molecule has 6 heteroatoms. The van der Waals surface area contributed by atoms with Crippen LogP contribution in [0.3, 0.4) is 0 Å². The summed E-state index contributed by atoms with van der Waals surface area (Å²) in [5.41, 5.74) is 1.13. The standard InChI is InChI=1S/C19H24N2O3S/c1-15-13-20(14-16(2)21(15)17-7-5-4-6-8-17)25(22,23)19-11-9-18(24-3)10-12-19/h4-12,15-16H,13-14H2,1-3H3. The maximum atomic E-state index is 13.0. The van der Waals surface area contributed by atoms with E-state index < -0.39 is 10.0 Å². The topological polar surface area (TPSA) is 49.9 Å². The number of sulfonamides is 1. The Balaban J connectivity index is 1.83. The second-order valence-electron chi connectivity index (χ2n) is 6.44. The maximum absolute atomic E-state index is 13.0. The van der Waals surface area contributed by atoms with Crippen LogP contribution in [0.2, 0.25) is 0 Å². The van der Waals surface area contributed by atoms with E-state index in [9.17, 15) is 8.42 Å². The molecule has 3 rings (SSSR count). The minimum absolute atomic E-state index is 0.0965. The number of anilines is 1. The molecule has 0 radical (unpaired) electrons. The van der Waals surface area contributed by atoms with Crippen molar-refractivity contribution in [1.29, 1.82) is 0 Å². The lowest BCUT2D eigenvalue weighted by atomic mass is 10.1. The summed E-state index contributed by atoms with van der Waals surface area (Å²) in [6, 6.07) is 16.9. The first-order chi connectivity index (χ1) is 11.9. The van der Waals surface area contributed by atoms with Crippen molar-refractivity contribution in [2.75, 3.05) is 25.1 Å². The molecule has 0 amide bonds. The van der Waals surface area contributed by atoms with Crippen LogP contribution in [0, 0.1) is 0 Å². The van der Waals surface area contributed by atoms with Crippen molar-refractivity contribution in [3.05, 3.63) is 54.6 Å². The van der Waals surface area contributed by atoms with Gasteiger partial charge in [0.25, 0.3) is 0 Å². The van der Waals surface area contributed by atoms with Gasteiger partial charge in [-0.05, 0) is 50.2 Å². The first kappa shape index (κ1) is 17.8. The molecule has 1 aliphatic rings. The van der Waals surface area contributed by atoms with Gasteiger partial charge in [-0.3, -0.25) is 0 Å². The van der Waals surface area contributed by atoms with Crippen molar-refractivity contribution in [2.45, 2.75) is 30.8 Å². The second-order valence-corrected chi connectivity index (χ2v) is 8.38. The summed E-state index contributed by atoms with van der Waals surface area (Å²) < 4.78 is 32.7. The predicted octanol–water partition coefficient (Wildman–Crippen LogP) is 2.98. The molecule has 0 aromatic heterocycles. The minimum atomic E-state index is -3.51. The maximum Gasteiger partial charge on any atom is 0.243 e. The molecule has 1 saturated heterocycles. The number of benzene rings is 2. The Morgan fingerprint density at radius 3 is 2.00 bits per heavy atom. The van der Waals surface area contributed by atoms with Crippen LogP contribution < -0.4 is 9.64 Å². The van der Waals surface area contributed by atoms with Crippen LogP contribution >= 0.6 is 0 Å². The smallest absolute Gasteiger partial charge is 0.243 e. The van der Waals surface area contributed by atoms with E-state index >= 15 is 0 Å². The Bertz CT molecular complexity index is 794. The van der Waals surface area contributed by atoms with Crippen LogP contribution in [0.5, 0.6) is 5.75 Å². The number of para-hydroxylation sites is 1. The molecule has 0 saturated carbocycles. The highest BCUT2D eigenvalue weighted by molar-refractivity contribution is 7.89. The Kier molecular flexibility index (Phi) is 5.01. The number of methoxy groups -OCH3 is 1. The van der Waals surface area contributed by atoms with E-state index in [0.717, 1.165) is 5.69 Å². The molecular formula is C19H24N2O3S. The fourth-order valence-corrected chi connectivity index (χ4v) is 5.08. The van der Waals surface area contributed by atoms with Gasteiger partial charge in [0.2, 0.25) is 10.0 Å². The predicted molar refractivity (Wildman–Crippen MR) is 99.6 cm³/mol. The highest BCUT2D eigenvalue weighted by atomic mass is 32.2. The van der Waals surface area contributed by atoms with Crippen molar-refractivity contribution in [3.63, 3.8) is 0 Å². The van der Waals surface area contributed by atoms with E-state index in [2.05, 4.69) is 30.9 Å². The zero-order valence-electron chi connectivity index (χ0n) is 14.8. The SMILES string of the molecule is COc1ccc(S(=O)(=O)N2CC(C)N(c3ccccc3)C(C)C2)cc1. The van der Waals surface area contributed by atoms with Gasteiger partial charge in [-0.15, -0.1) is 0 Å². The van der Waals surface area contributed by atoms with E-state index in [-0.39, 0.29) is 12.1 Å². The minimum Gasteiger partial charge on any atom is -0.497 e. The highest BCUT2D eigenvalue weighted by Crippen LogP contribution is 2.28. The Hall–Kier alpha value is -2.05. The summed E-state index contributed by atoms with van der Waals surface area (Å²) in [6.07, 6.45) is 0. The van der Waals surface area contributed by atoms with E-state index in [0.29, 0.717) is 23.7 Å². The molecule has 5 nitrogen and oxygen atoms in total. The summed E-state index contributed by atoms with van der Waals surface area (Å²) in [7, 11) is -1.94. The van der Waals surface area contributed by atoms with Gasteiger partial charge >= 0.3 is 0 Å². The molecule has 25 heavy (non-hydrogen) atoms. The first-order valence-corrected chi connectivity index (χ1v) is 9.85. The third-order valence-corrected chi connectivity index (χ3v) is 6.48. The molecule has 2 aromatic rings. The van der Waals surface area contributed by atoms with E-state index in [1.165, 1.54) is 0 Å². The van der Waals surface area contributed by atoms with Crippen molar-refractivity contribution in [2.24, 2.45) is 0 Å². The van der Waals surface area contributed by atoms with Crippen LogP contribution in [0.25, 0.3) is 0 Å². The molecule has 1 heterocycles. The third kappa shape index (κ3) is 3.50. The molecule has 2 atom stereocenters. The normalized spacial score (nSPS) is 22.0. The zero-order chi connectivity index (χ0) is 18.0. The molecule has 0 spiro atoms. The van der Waals surface area contributed by atoms with Gasteiger partial charge in [-0.25, -0.2) is 8.42 Å². The molecule has 0 N–H and O–H groups in total. The van der Waals surface area contributed by atoms with E-state index in [4.69, 9.17) is 4.74 Å². The molecule has 0 aliphatic carbocycles. The Morgan fingerprint density at radius 1 is 0.920 bits per heavy atom. The number of nitrogens with zero attached hydrogens (tertiary/aromatic N) is 2. The summed E-state index contributed by atoms with van der Waals surface area (Å²) in [4.78, 5) is 2.60. The fraction of sp³-hybridized carbons (Fsp3) is 0.368. The molecule has 0 bridgehead atoms. The van der Waals surface area contributed by atoms with Crippen molar-refractivity contribution in [1.82, 2.24) is 4.31 Å². The summed E-state index contributed by atoms with van der Waals surface area (Å²) in [6.45, 7) is 5.07. The van der Waals surface area contributed by atoms with Crippen LogP contribution in [0.15, 0.2) is 59.5 Å². The van der Waals surface area contributed by atoms with Gasteiger partial charge in [0, 0.05) is 30.9 Å². The third-order valence-electron chi connectivity index (χ3n) is 4.64. The van der Waals surface area contributed by atoms with Crippen LogP contribution in [0.1, 0.15) is 13.8 Å². The van der Waals surface area contributed by atoms with Gasteiger partial charge in [-0.2, -0.15) is 4.31 Å². The first-order valence-electron chi connectivity index (χ1n) is 8.41. The summed E-state index contributed by atoms with van der Waals surface area (Å²) in [5, 5.41) is 0. The lowest BCUT2D eigenvalue weighted by Gasteiger charge is -2.45. The monoisotopic (exact) mass is 360 g/mol. The van der Waals surface area contributed by atoms with Gasteiger partial charge in [0.05, 0.1) is 12.0 Å². The van der Waals surface area contributed by atoms with Crippen molar-refractivity contribution in [3.8, 4) is 5.75 Å². The number of piperazine rings is 1. The summed E-state index contributed by atoms with van der Waals surface area (Å²) >= 11 is 0.